The van der Waals surface area contributed by atoms with E-state index >= 15 is 0 Å². The first-order valence-electron chi connectivity index (χ1n) is 5.00. The zero-order chi connectivity index (χ0) is 11.8. The van der Waals surface area contributed by atoms with Gasteiger partial charge >= 0.3 is 0 Å². The first kappa shape index (κ1) is 12.9. The van der Waals surface area contributed by atoms with E-state index in [-0.39, 0.29) is 11.8 Å². The highest BCUT2D eigenvalue weighted by atomic mass is 35.5. The molecule has 0 N–H and O–H groups in total. The summed E-state index contributed by atoms with van der Waals surface area (Å²) in [4.78, 5) is 17.3. The van der Waals surface area contributed by atoms with E-state index in [1.54, 1.807) is 18.2 Å². The molecule has 0 fully saturated rings. The molecule has 1 heterocycles. The van der Waals surface area contributed by atoms with E-state index in [0.29, 0.717) is 19.7 Å². The highest BCUT2D eigenvalue weighted by molar-refractivity contribution is 6.27. The van der Waals surface area contributed by atoms with E-state index < -0.39 is 0 Å². The molecule has 0 aromatic carbocycles. The molecule has 0 atom stereocenters. The number of hydrogen-bond donors (Lipinski definition) is 0. The number of amides is 1. The van der Waals surface area contributed by atoms with Crippen molar-refractivity contribution in [2.45, 2.75) is 6.54 Å². The minimum absolute atomic E-state index is 0.0173. The first-order chi connectivity index (χ1) is 7.77. The number of ether oxygens (including phenoxy) is 1. The van der Waals surface area contributed by atoms with Crippen molar-refractivity contribution in [1.29, 1.82) is 0 Å². The fraction of sp³-hybridized carbons (Fsp3) is 0.455. The third-order valence-corrected chi connectivity index (χ3v) is 2.34. The molecule has 0 aliphatic carbocycles. The van der Waals surface area contributed by atoms with Crippen molar-refractivity contribution >= 4 is 17.5 Å². The summed E-state index contributed by atoms with van der Waals surface area (Å²) in [6.45, 7) is 1.49. The zero-order valence-electron chi connectivity index (χ0n) is 9.23. The average molecular weight is 243 g/mol. The molecule has 1 rings (SSSR count). The molecule has 1 aromatic heterocycles. The van der Waals surface area contributed by atoms with Gasteiger partial charge in [-0.1, -0.05) is 6.07 Å². The maximum Gasteiger partial charge on any atom is 0.237 e. The van der Waals surface area contributed by atoms with Crippen LogP contribution in [0.3, 0.4) is 0 Å². The van der Waals surface area contributed by atoms with Gasteiger partial charge in [0, 0.05) is 19.9 Å². The normalized spacial score (nSPS) is 10.1. The first-order valence-corrected chi connectivity index (χ1v) is 5.54. The van der Waals surface area contributed by atoms with E-state index in [1.807, 2.05) is 18.2 Å². The Labute approximate surface area is 100 Å². The topological polar surface area (TPSA) is 42.4 Å². The van der Waals surface area contributed by atoms with E-state index in [4.69, 9.17) is 16.3 Å². The van der Waals surface area contributed by atoms with Crippen molar-refractivity contribution in [2.24, 2.45) is 0 Å². The van der Waals surface area contributed by atoms with E-state index in [1.165, 1.54) is 0 Å². The summed E-state index contributed by atoms with van der Waals surface area (Å²) in [7, 11) is 1.60. The Balaban J connectivity index is 2.59. The van der Waals surface area contributed by atoms with Crippen molar-refractivity contribution in [2.75, 3.05) is 26.1 Å². The third kappa shape index (κ3) is 4.16. The van der Waals surface area contributed by atoms with Gasteiger partial charge in [-0.2, -0.15) is 0 Å². The van der Waals surface area contributed by atoms with Crippen LogP contribution >= 0.6 is 11.6 Å². The number of carbonyl (C=O) groups is 1. The highest BCUT2D eigenvalue weighted by Gasteiger charge is 2.12. The molecule has 88 valence electrons. The Morgan fingerprint density at radius 1 is 1.56 bits per heavy atom. The van der Waals surface area contributed by atoms with Gasteiger partial charge in [0.15, 0.2) is 0 Å². The molecule has 0 radical (unpaired) electrons. The maximum absolute atomic E-state index is 11.5. The van der Waals surface area contributed by atoms with Gasteiger partial charge in [-0.3, -0.25) is 9.78 Å². The zero-order valence-corrected chi connectivity index (χ0v) is 9.98. The molecule has 0 unspecified atom stereocenters. The number of nitrogens with zero attached hydrogens (tertiary/aromatic N) is 2. The molecular weight excluding hydrogens is 228 g/mol. The predicted octanol–water partition coefficient (Wildman–Crippen LogP) is 1.30. The summed E-state index contributed by atoms with van der Waals surface area (Å²) < 4.78 is 4.95. The fourth-order valence-electron chi connectivity index (χ4n) is 1.27. The predicted molar refractivity (Wildman–Crippen MR) is 62.3 cm³/mol. The molecule has 0 bridgehead atoms. The number of hydrogen-bond acceptors (Lipinski definition) is 3. The number of methoxy groups -OCH3 is 1. The number of carbonyl (C=O) groups excluding carboxylic acids is 1. The number of alkyl halides is 1. The second-order valence-corrected chi connectivity index (χ2v) is 3.53. The van der Waals surface area contributed by atoms with Crippen LogP contribution in [0, 0.1) is 0 Å². The number of pyridine rings is 1. The van der Waals surface area contributed by atoms with Gasteiger partial charge in [-0.15, -0.1) is 11.6 Å². The van der Waals surface area contributed by atoms with Crippen LogP contribution < -0.4 is 0 Å². The van der Waals surface area contributed by atoms with Gasteiger partial charge in [-0.05, 0) is 12.1 Å². The second-order valence-electron chi connectivity index (χ2n) is 3.26. The molecule has 4 nitrogen and oxygen atoms in total. The number of rotatable bonds is 6. The minimum atomic E-state index is -0.107. The smallest absolute Gasteiger partial charge is 0.237 e. The summed E-state index contributed by atoms with van der Waals surface area (Å²) in [6.07, 6.45) is 1.70. The van der Waals surface area contributed by atoms with Gasteiger partial charge in [0.25, 0.3) is 0 Å². The number of aromatic nitrogens is 1. The molecule has 0 saturated heterocycles. The highest BCUT2D eigenvalue weighted by Crippen LogP contribution is 2.02. The van der Waals surface area contributed by atoms with Gasteiger partial charge in [-0.25, -0.2) is 0 Å². The van der Waals surface area contributed by atoms with Crippen molar-refractivity contribution in [3.63, 3.8) is 0 Å². The lowest BCUT2D eigenvalue weighted by Gasteiger charge is -2.20. The van der Waals surface area contributed by atoms with Crippen LogP contribution in [-0.4, -0.2) is 41.9 Å². The summed E-state index contributed by atoms with van der Waals surface area (Å²) >= 11 is 5.54. The molecule has 0 aliphatic rings. The average Bonchev–Trinajstić information content (AvgIpc) is 2.34. The van der Waals surface area contributed by atoms with Crippen LogP contribution in [0.1, 0.15) is 5.69 Å². The Morgan fingerprint density at radius 2 is 2.38 bits per heavy atom. The van der Waals surface area contributed by atoms with E-state index in [0.717, 1.165) is 5.69 Å². The van der Waals surface area contributed by atoms with Crippen LogP contribution in [0.2, 0.25) is 0 Å². The molecule has 1 amide bonds. The van der Waals surface area contributed by atoms with Crippen molar-refractivity contribution in [3.05, 3.63) is 30.1 Å². The van der Waals surface area contributed by atoms with Crippen LogP contribution in [0.15, 0.2) is 24.4 Å². The molecule has 0 aliphatic heterocycles. The lowest BCUT2D eigenvalue weighted by atomic mass is 10.3. The molecule has 0 spiro atoms. The Hall–Kier alpha value is -1.13. The largest absolute Gasteiger partial charge is 0.383 e. The summed E-state index contributed by atoms with van der Waals surface area (Å²) in [5, 5.41) is 0. The van der Waals surface area contributed by atoms with E-state index in [2.05, 4.69) is 4.98 Å². The fourth-order valence-corrected chi connectivity index (χ4v) is 1.43. The lowest BCUT2D eigenvalue weighted by molar-refractivity contribution is -0.129. The Kier molecular flexibility index (Phi) is 5.82. The minimum Gasteiger partial charge on any atom is -0.383 e. The summed E-state index contributed by atoms with van der Waals surface area (Å²) in [5.74, 6) is -0.124. The van der Waals surface area contributed by atoms with Crippen LogP contribution in [0.25, 0.3) is 0 Å². The maximum atomic E-state index is 11.5. The Morgan fingerprint density at radius 3 is 2.94 bits per heavy atom. The van der Waals surface area contributed by atoms with Gasteiger partial charge in [0.05, 0.1) is 18.8 Å². The molecule has 5 heteroatoms. The SMILES string of the molecule is COCCN(Cc1ccccn1)C(=O)CCl. The van der Waals surface area contributed by atoms with Crippen molar-refractivity contribution in [1.82, 2.24) is 9.88 Å². The van der Waals surface area contributed by atoms with Gasteiger partial charge in [0.2, 0.25) is 5.91 Å². The quantitative estimate of drug-likeness (QED) is 0.706. The molecule has 16 heavy (non-hydrogen) atoms. The van der Waals surface area contributed by atoms with Crippen LogP contribution in [-0.2, 0) is 16.1 Å². The second kappa shape index (κ2) is 7.19. The van der Waals surface area contributed by atoms with Gasteiger partial charge in [0.1, 0.15) is 5.88 Å². The third-order valence-electron chi connectivity index (χ3n) is 2.11. The Bertz CT molecular complexity index is 319. The monoisotopic (exact) mass is 242 g/mol. The molecule has 0 saturated carbocycles. The van der Waals surface area contributed by atoms with Crippen LogP contribution in [0.5, 0.6) is 0 Å². The lowest BCUT2D eigenvalue weighted by Crippen LogP contribution is -2.34. The molecular formula is C11H15ClN2O2. The standard InChI is InChI=1S/C11H15ClN2O2/c1-16-7-6-14(11(15)8-12)9-10-4-2-3-5-13-10/h2-5H,6-9H2,1H3. The van der Waals surface area contributed by atoms with Crippen molar-refractivity contribution in [3.8, 4) is 0 Å². The number of halogens is 1. The molecule has 1 aromatic rings. The summed E-state index contributed by atoms with van der Waals surface area (Å²) in [5.41, 5.74) is 0.845. The van der Waals surface area contributed by atoms with Crippen LogP contribution in [0.4, 0.5) is 0 Å². The summed E-state index contributed by atoms with van der Waals surface area (Å²) in [6, 6.07) is 5.61. The van der Waals surface area contributed by atoms with Gasteiger partial charge < -0.3 is 9.64 Å². The van der Waals surface area contributed by atoms with E-state index in [9.17, 15) is 4.79 Å². The van der Waals surface area contributed by atoms with Crippen molar-refractivity contribution < 1.29 is 9.53 Å².